The van der Waals surface area contributed by atoms with Gasteiger partial charge in [-0.2, -0.15) is 12.1 Å². The van der Waals surface area contributed by atoms with Crippen LogP contribution in [0.1, 0.15) is 40.3 Å². The Kier molecular flexibility index (Phi) is 7.69. The molecule has 4 aromatic rings. The third-order valence-corrected chi connectivity index (χ3v) is 4.93. The van der Waals surface area contributed by atoms with Crippen LogP contribution in [0.25, 0.3) is 21.5 Å². The van der Waals surface area contributed by atoms with Gasteiger partial charge in [0.2, 0.25) is 0 Å². The maximum atomic E-state index is 2.26. The Morgan fingerprint density at radius 1 is 0.630 bits per heavy atom. The Balaban J connectivity index is 0.000000170. The van der Waals surface area contributed by atoms with E-state index in [0.29, 0.717) is 0 Å². The molecule has 27 heavy (non-hydrogen) atoms. The Labute approximate surface area is 179 Å². The van der Waals surface area contributed by atoms with Gasteiger partial charge in [0.15, 0.2) is 0 Å². The number of hydrogen-bond acceptors (Lipinski definition) is 0. The van der Waals surface area contributed by atoms with E-state index in [4.69, 9.17) is 0 Å². The molecule has 0 nitrogen and oxygen atoms in total. The molecule has 4 aromatic carbocycles. The van der Waals surface area contributed by atoms with Gasteiger partial charge in [0.1, 0.15) is 0 Å². The van der Waals surface area contributed by atoms with Gasteiger partial charge in [-0.05, 0) is 13.8 Å². The van der Waals surface area contributed by atoms with Crippen molar-refractivity contribution in [2.45, 2.75) is 48.5 Å². The molecular weight excluding hydrogens is 404 g/mol. The van der Waals surface area contributed by atoms with E-state index in [1.807, 2.05) is 6.92 Å². The summed E-state index contributed by atoms with van der Waals surface area (Å²) in [5.74, 6) is 0. The van der Waals surface area contributed by atoms with Crippen LogP contribution < -0.4 is 0 Å². The van der Waals surface area contributed by atoms with Gasteiger partial charge >= 0.3 is 34.9 Å². The predicted octanol–water partition coefficient (Wildman–Crippen LogP) is 7.32. The first-order valence-corrected chi connectivity index (χ1v) is 10.9. The van der Waals surface area contributed by atoms with Crippen LogP contribution in [-0.4, -0.2) is 3.71 Å². The van der Waals surface area contributed by atoms with E-state index in [2.05, 4.69) is 93.8 Å². The van der Waals surface area contributed by atoms with Gasteiger partial charge in [0.05, 0.1) is 0 Å². The molecule has 4 rings (SSSR count). The molecule has 0 aliphatic rings. The van der Waals surface area contributed by atoms with Crippen molar-refractivity contribution in [2.24, 2.45) is 0 Å². The van der Waals surface area contributed by atoms with Gasteiger partial charge in [0, 0.05) is 0 Å². The minimum atomic E-state index is 1.36. The Morgan fingerprint density at radius 2 is 0.926 bits per heavy atom. The number of benzene rings is 2. The number of rotatable bonds is 0. The van der Waals surface area contributed by atoms with Crippen LogP contribution in [0.15, 0.2) is 48.5 Å². The van der Waals surface area contributed by atoms with Gasteiger partial charge in [-0.3, -0.25) is 0 Å². The third kappa shape index (κ3) is 5.23. The van der Waals surface area contributed by atoms with Gasteiger partial charge in [0.25, 0.3) is 0 Å². The molecule has 0 atom stereocenters. The number of fused-ring (bicyclic) bond motifs is 2. The molecule has 0 N–H and O–H groups in total. The van der Waals surface area contributed by atoms with E-state index in [0.717, 1.165) is 0 Å². The molecule has 0 aromatic heterocycles. The predicted molar refractivity (Wildman–Crippen MR) is 119 cm³/mol. The molecule has 0 amide bonds. The normalized spacial score (nSPS) is 10.3. The summed E-state index contributed by atoms with van der Waals surface area (Å²) in [5, 5.41) is 5.64. The first-order chi connectivity index (χ1) is 12.8. The van der Waals surface area contributed by atoms with Crippen molar-refractivity contribution in [2.75, 3.05) is 0 Å². The zero-order valence-electron chi connectivity index (χ0n) is 17.7. The van der Waals surface area contributed by atoms with Gasteiger partial charge in [-0.1, -0.05) is 51.0 Å². The largest absolute Gasteiger partial charge is 0.165 e. The summed E-state index contributed by atoms with van der Waals surface area (Å²) in [6.45, 7) is 15.0. The minimum Gasteiger partial charge on any atom is -0.165 e. The van der Waals surface area contributed by atoms with E-state index in [1.54, 1.807) is 0 Å². The second kappa shape index (κ2) is 9.56. The molecule has 0 radical (unpaired) electrons. The molecule has 138 valence electrons. The summed E-state index contributed by atoms with van der Waals surface area (Å²) in [6, 6.07) is 17.8. The van der Waals surface area contributed by atoms with E-state index >= 15 is 0 Å². The maximum Gasteiger partial charge on any atom is -0.0488 e. The molecule has 0 heterocycles. The molecule has 0 saturated heterocycles. The van der Waals surface area contributed by atoms with E-state index in [-0.39, 0.29) is 0 Å². The van der Waals surface area contributed by atoms with Gasteiger partial charge < -0.3 is 0 Å². The average molecular weight is 434 g/mol. The standard InChI is InChI=1S/2C12H13.C2H4.Zr/c2*1-8-6-11-9(2)4-5-10(3)12(11)7-8;1-2;/h2*4-7H,1-3H3;1H,2H3;/q2*-1;;+2. The smallest absolute Gasteiger partial charge is 0.0488 e. The summed E-state index contributed by atoms with van der Waals surface area (Å²) >= 11 is 1.51. The topological polar surface area (TPSA) is 0 Å². The van der Waals surface area contributed by atoms with Crippen LogP contribution in [0, 0.1) is 41.5 Å². The summed E-state index contributed by atoms with van der Waals surface area (Å²) in [5.41, 5.74) is 8.24. The number of aryl methyl sites for hydroxylation is 6. The van der Waals surface area contributed by atoms with Crippen LogP contribution in [0.4, 0.5) is 0 Å². The summed E-state index contributed by atoms with van der Waals surface area (Å²) in [7, 11) is 0. The summed E-state index contributed by atoms with van der Waals surface area (Å²) in [6.07, 6.45) is 0. The fraction of sp³-hybridized carbons (Fsp3) is 0.269. The molecule has 0 bridgehead atoms. The van der Waals surface area contributed by atoms with Crippen LogP contribution in [0.3, 0.4) is 0 Å². The summed E-state index contributed by atoms with van der Waals surface area (Å²) in [4.78, 5) is 0. The van der Waals surface area contributed by atoms with Crippen molar-refractivity contribution in [3.05, 3.63) is 81.9 Å². The maximum absolute atomic E-state index is 2.26. The molecule has 1 heteroatoms. The van der Waals surface area contributed by atoms with Crippen LogP contribution in [0.2, 0.25) is 0 Å². The second-order valence-electron chi connectivity index (χ2n) is 7.41. The first kappa shape index (κ1) is 21.7. The molecule has 0 aliphatic heterocycles. The molecule has 0 aliphatic carbocycles. The third-order valence-electron chi connectivity index (χ3n) is 4.93. The van der Waals surface area contributed by atoms with Crippen molar-refractivity contribution in [1.29, 1.82) is 0 Å². The quantitative estimate of drug-likeness (QED) is 0.255. The van der Waals surface area contributed by atoms with Crippen molar-refractivity contribution >= 4 is 25.3 Å². The first-order valence-electron chi connectivity index (χ1n) is 9.50. The average Bonchev–Trinajstić information content (AvgIpc) is 3.20. The van der Waals surface area contributed by atoms with Crippen molar-refractivity contribution in [3.63, 3.8) is 0 Å². The monoisotopic (exact) mass is 432 g/mol. The van der Waals surface area contributed by atoms with Gasteiger partial charge in [-0.25, -0.2) is 0 Å². The Morgan fingerprint density at radius 3 is 1.22 bits per heavy atom. The minimum absolute atomic E-state index is 1.36. The molecule has 0 unspecified atom stereocenters. The van der Waals surface area contributed by atoms with Crippen molar-refractivity contribution < 1.29 is 24.2 Å². The molecular formula is C26H30Zr. The zero-order valence-corrected chi connectivity index (χ0v) is 20.2. The SMILES string of the molecule is C[CH]=[Zr+2].Cc1cc2c(C)ccc(C)c2[cH-]1.Cc1cc2c(C)ccc(C)c2[cH-]1. The van der Waals surface area contributed by atoms with Crippen molar-refractivity contribution in [1.82, 2.24) is 0 Å². The van der Waals surface area contributed by atoms with Gasteiger partial charge in [-0.15, -0.1) is 68.1 Å². The number of hydrogen-bond donors (Lipinski definition) is 0. The zero-order chi connectivity index (χ0) is 20.1. The van der Waals surface area contributed by atoms with E-state index in [1.165, 1.54) is 79.2 Å². The van der Waals surface area contributed by atoms with E-state index in [9.17, 15) is 0 Å². The van der Waals surface area contributed by atoms with E-state index < -0.39 is 0 Å². The fourth-order valence-corrected chi connectivity index (χ4v) is 3.47. The Bertz CT molecular complexity index is 895. The van der Waals surface area contributed by atoms with Crippen molar-refractivity contribution in [3.8, 4) is 0 Å². The molecule has 0 spiro atoms. The molecule has 0 fully saturated rings. The van der Waals surface area contributed by atoms with Crippen LogP contribution in [-0.2, 0) is 24.2 Å². The second-order valence-corrected chi connectivity index (χ2v) is 8.83. The molecule has 0 saturated carbocycles. The summed E-state index contributed by atoms with van der Waals surface area (Å²) < 4.78 is 2.09. The van der Waals surface area contributed by atoms with Crippen LogP contribution >= 0.6 is 0 Å². The Hall–Kier alpha value is -1.59. The fourth-order valence-electron chi connectivity index (χ4n) is 3.47. The van der Waals surface area contributed by atoms with Crippen LogP contribution in [0.5, 0.6) is 0 Å².